The van der Waals surface area contributed by atoms with Gasteiger partial charge in [-0.25, -0.2) is 9.97 Å². The van der Waals surface area contributed by atoms with Crippen LogP contribution in [0, 0.1) is 5.92 Å². The van der Waals surface area contributed by atoms with Crippen LogP contribution in [0.3, 0.4) is 0 Å². The van der Waals surface area contributed by atoms with E-state index in [0.29, 0.717) is 19.0 Å². The summed E-state index contributed by atoms with van der Waals surface area (Å²) in [6, 6.07) is 1.66. The number of nitrogens with zero attached hydrogens (tertiary/aromatic N) is 2. The zero-order chi connectivity index (χ0) is 13.7. The van der Waals surface area contributed by atoms with Crippen LogP contribution in [0.4, 0.5) is 5.82 Å². The normalized spacial score (nSPS) is 22.4. The minimum absolute atomic E-state index is 0.0530. The van der Waals surface area contributed by atoms with Crippen molar-refractivity contribution in [1.29, 1.82) is 0 Å². The molecule has 2 N–H and O–H groups in total. The van der Waals surface area contributed by atoms with E-state index in [1.165, 1.54) is 6.20 Å². The number of carbonyl (C=O) groups excluding carboxylic acids is 1. The van der Waals surface area contributed by atoms with Gasteiger partial charge in [0.1, 0.15) is 5.82 Å². The average Bonchev–Trinajstić information content (AvgIpc) is 2.84. The molecule has 0 bridgehead atoms. The lowest BCUT2D eigenvalue weighted by molar-refractivity contribution is -0.120. The number of ether oxygens (including phenoxy) is 1. The molecule has 0 aliphatic carbocycles. The fourth-order valence-corrected chi connectivity index (χ4v) is 2.11. The number of amides is 1. The van der Waals surface area contributed by atoms with E-state index in [9.17, 15) is 4.79 Å². The number of hydrogen-bond donors (Lipinski definition) is 2. The van der Waals surface area contributed by atoms with Crippen LogP contribution in [0.5, 0.6) is 0 Å². The summed E-state index contributed by atoms with van der Waals surface area (Å²) in [6.45, 7) is 3.94. The lowest BCUT2D eigenvalue weighted by Gasteiger charge is -2.18. The van der Waals surface area contributed by atoms with E-state index in [0.717, 1.165) is 13.0 Å². The van der Waals surface area contributed by atoms with Crippen molar-refractivity contribution < 1.29 is 9.53 Å². The molecule has 0 saturated carbocycles. The average molecular weight is 285 g/mol. The summed E-state index contributed by atoms with van der Waals surface area (Å²) in [5.41, 5.74) is 0. The van der Waals surface area contributed by atoms with Crippen LogP contribution < -0.4 is 10.6 Å². The van der Waals surface area contributed by atoms with Crippen molar-refractivity contribution in [2.45, 2.75) is 19.4 Å². The topological polar surface area (TPSA) is 76.1 Å². The van der Waals surface area contributed by atoms with Crippen LogP contribution in [0.1, 0.15) is 13.3 Å². The molecule has 1 aromatic heterocycles. The molecule has 6 nitrogen and oxygen atoms in total. The Morgan fingerprint density at radius 3 is 3.16 bits per heavy atom. The largest absolute Gasteiger partial charge is 0.379 e. The predicted molar refractivity (Wildman–Crippen MR) is 72.1 cm³/mol. The first-order valence-corrected chi connectivity index (χ1v) is 6.69. The second-order valence-electron chi connectivity index (χ2n) is 4.40. The number of anilines is 1. The monoisotopic (exact) mass is 284 g/mol. The molecule has 1 aliphatic rings. The van der Waals surface area contributed by atoms with E-state index >= 15 is 0 Å². The summed E-state index contributed by atoms with van der Waals surface area (Å²) >= 11 is 5.67. The molecule has 2 unspecified atom stereocenters. The van der Waals surface area contributed by atoms with Crippen LogP contribution in [0.2, 0.25) is 5.28 Å². The van der Waals surface area contributed by atoms with Crippen molar-refractivity contribution in [3.05, 3.63) is 17.5 Å². The van der Waals surface area contributed by atoms with Crippen molar-refractivity contribution in [3.63, 3.8) is 0 Å². The molecule has 2 heterocycles. The molecular weight excluding hydrogens is 268 g/mol. The van der Waals surface area contributed by atoms with Crippen molar-refractivity contribution in [2.24, 2.45) is 5.92 Å². The van der Waals surface area contributed by atoms with E-state index < -0.39 is 0 Å². The number of hydrogen-bond acceptors (Lipinski definition) is 5. The quantitative estimate of drug-likeness (QED) is 0.792. The maximum absolute atomic E-state index is 12.2. The minimum atomic E-state index is -0.208. The van der Waals surface area contributed by atoms with Gasteiger partial charge in [0.15, 0.2) is 0 Å². The first-order valence-electron chi connectivity index (χ1n) is 6.31. The maximum Gasteiger partial charge on any atom is 0.232 e. The first kappa shape index (κ1) is 14.2. The Balaban J connectivity index is 1.95. The highest BCUT2D eigenvalue weighted by Crippen LogP contribution is 2.16. The van der Waals surface area contributed by atoms with Gasteiger partial charge >= 0.3 is 0 Å². The molecule has 0 spiro atoms. The molecule has 1 saturated heterocycles. The summed E-state index contributed by atoms with van der Waals surface area (Å²) in [5.74, 6) is 0.0901. The first-order chi connectivity index (χ1) is 9.20. The van der Waals surface area contributed by atoms with Crippen LogP contribution in [0.15, 0.2) is 12.3 Å². The fourth-order valence-electron chi connectivity index (χ4n) is 1.97. The smallest absolute Gasteiger partial charge is 0.232 e. The zero-order valence-corrected chi connectivity index (χ0v) is 11.5. The van der Waals surface area contributed by atoms with Gasteiger partial charge < -0.3 is 15.4 Å². The highest BCUT2D eigenvalue weighted by molar-refractivity contribution is 6.28. The third kappa shape index (κ3) is 3.86. The van der Waals surface area contributed by atoms with Gasteiger partial charge in [0.25, 0.3) is 0 Å². The van der Waals surface area contributed by atoms with Gasteiger partial charge in [0, 0.05) is 12.2 Å². The summed E-state index contributed by atoms with van der Waals surface area (Å²) in [5, 5.41) is 6.16. The van der Waals surface area contributed by atoms with Gasteiger partial charge in [-0.15, -0.1) is 0 Å². The highest BCUT2D eigenvalue weighted by atomic mass is 35.5. The van der Waals surface area contributed by atoms with E-state index in [1.807, 2.05) is 0 Å². The summed E-state index contributed by atoms with van der Waals surface area (Å²) < 4.78 is 5.37. The Morgan fingerprint density at radius 1 is 1.58 bits per heavy atom. The standard InChI is InChI=1S/C12H17ClN4O2/c1-2-4-14-9-7-19-6-8(9)11(18)16-10-3-5-15-12(13)17-10/h3,5,8-9,14H,2,4,6-7H2,1H3,(H,15,16,17,18). The second kappa shape index (κ2) is 6.79. The molecular formula is C12H17ClN4O2. The highest BCUT2D eigenvalue weighted by Gasteiger charge is 2.33. The van der Waals surface area contributed by atoms with Crippen molar-refractivity contribution in [1.82, 2.24) is 15.3 Å². The van der Waals surface area contributed by atoms with Crippen LogP contribution in [-0.4, -0.2) is 41.7 Å². The molecule has 1 aliphatic heterocycles. The van der Waals surface area contributed by atoms with Gasteiger partial charge in [-0.2, -0.15) is 0 Å². The lowest BCUT2D eigenvalue weighted by atomic mass is 10.0. The van der Waals surface area contributed by atoms with Crippen molar-refractivity contribution in [2.75, 3.05) is 25.1 Å². The molecule has 0 radical (unpaired) electrons. The Kier molecular flexibility index (Phi) is 5.07. The van der Waals surface area contributed by atoms with Gasteiger partial charge in [-0.1, -0.05) is 6.92 Å². The van der Waals surface area contributed by atoms with Gasteiger partial charge in [0.05, 0.1) is 19.1 Å². The predicted octanol–water partition coefficient (Wildman–Crippen LogP) is 1.08. The zero-order valence-electron chi connectivity index (χ0n) is 10.7. The van der Waals surface area contributed by atoms with Crippen LogP contribution >= 0.6 is 11.6 Å². The van der Waals surface area contributed by atoms with Crippen LogP contribution in [0.25, 0.3) is 0 Å². The van der Waals surface area contributed by atoms with Gasteiger partial charge in [0.2, 0.25) is 11.2 Å². The second-order valence-corrected chi connectivity index (χ2v) is 4.74. The van der Waals surface area contributed by atoms with E-state index in [1.54, 1.807) is 6.07 Å². The van der Waals surface area contributed by atoms with Gasteiger partial charge in [-0.3, -0.25) is 4.79 Å². The summed E-state index contributed by atoms with van der Waals surface area (Å²) in [4.78, 5) is 19.9. The third-order valence-corrected chi connectivity index (χ3v) is 3.13. The Morgan fingerprint density at radius 2 is 2.42 bits per heavy atom. The fraction of sp³-hybridized carbons (Fsp3) is 0.583. The van der Waals surface area contributed by atoms with Gasteiger partial charge in [-0.05, 0) is 30.6 Å². The molecule has 104 valence electrons. The Hall–Kier alpha value is -1.24. The summed E-state index contributed by atoms with van der Waals surface area (Å²) in [7, 11) is 0. The minimum Gasteiger partial charge on any atom is -0.379 e. The van der Waals surface area contributed by atoms with E-state index in [2.05, 4.69) is 27.5 Å². The molecule has 1 fully saturated rings. The maximum atomic E-state index is 12.2. The number of rotatable bonds is 5. The lowest BCUT2D eigenvalue weighted by Crippen LogP contribution is -2.41. The third-order valence-electron chi connectivity index (χ3n) is 2.95. The number of aromatic nitrogens is 2. The van der Waals surface area contributed by atoms with Crippen molar-refractivity contribution in [3.8, 4) is 0 Å². The number of nitrogens with one attached hydrogen (secondary N) is 2. The van der Waals surface area contributed by atoms with Crippen LogP contribution in [-0.2, 0) is 9.53 Å². The summed E-state index contributed by atoms with van der Waals surface area (Å²) in [6.07, 6.45) is 2.52. The molecule has 19 heavy (non-hydrogen) atoms. The molecule has 2 rings (SSSR count). The number of halogens is 1. The molecule has 0 aromatic carbocycles. The van der Waals surface area contributed by atoms with Crippen molar-refractivity contribution >= 4 is 23.3 Å². The van der Waals surface area contributed by atoms with E-state index in [-0.39, 0.29) is 23.2 Å². The van der Waals surface area contributed by atoms with E-state index in [4.69, 9.17) is 16.3 Å². The molecule has 2 atom stereocenters. The Labute approximate surface area is 116 Å². The molecule has 1 aromatic rings. The Bertz CT molecular complexity index is 443. The SMILES string of the molecule is CCCNC1COCC1C(=O)Nc1ccnc(Cl)n1. The molecule has 7 heteroatoms. The molecule has 1 amide bonds. The number of carbonyl (C=O) groups is 1.